The van der Waals surface area contributed by atoms with Crippen molar-refractivity contribution >= 4 is 23.3 Å². The summed E-state index contributed by atoms with van der Waals surface area (Å²) >= 11 is 0. The van der Waals surface area contributed by atoms with Crippen molar-refractivity contribution in [2.24, 2.45) is 0 Å². The van der Waals surface area contributed by atoms with E-state index in [1.807, 2.05) is 0 Å². The van der Waals surface area contributed by atoms with Crippen LogP contribution in [0.3, 0.4) is 0 Å². The third kappa shape index (κ3) is 4.42. The Balaban J connectivity index is 1.85. The summed E-state index contributed by atoms with van der Waals surface area (Å²) in [6.45, 7) is 1.03. The minimum Gasteiger partial charge on any atom is -0.341 e. The minimum atomic E-state index is -4.71. The van der Waals surface area contributed by atoms with Crippen molar-refractivity contribution in [2.75, 3.05) is 5.32 Å². The molecule has 1 aromatic heterocycles. The topological polar surface area (TPSA) is 104 Å². The van der Waals surface area contributed by atoms with E-state index in [4.69, 9.17) is 5.26 Å². The van der Waals surface area contributed by atoms with Gasteiger partial charge in [0.15, 0.2) is 0 Å². The number of halogens is 4. The SMILES string of the molecule is C[C@H](NC(=O)C(=O)c1cc(C(=O)Nc2ccc(F)c(C#N)c2)c2n1CCC2)C(F)(F)F. The van der Waals surface area contributed by atoms with Crippen LogP contribution in [-0.2, 0) is 17.8 Å². The predicted molar refractivity (Wildman–Crippen MR) is 99.8 cm³/mol. The monoisotopic (exact) mass is 436 g/mol. The maximum absolute atomic E-state index is 13.5. The van der Waals surface area contributed by atoms with Gasteiger partial charge in [-0.1, -0.05) is 0 Å². The van der Waals surface area contributed by atoms with Crippen LogP contribution >= 0.6 is 0 Å². The molecule has 1 aliphatic rings. The first kappa shape index (κ1) is 22.0. The molecule has 1 atom stereocenters. The number of nitrogens with zero attached hydrogens (tertiary/aromatic N) is 2. The van der Waals surface area contributed by atoms with Gasteiger partial charge < -0.3 is 15.2 Å². The van der Waals surface area contributed by atoms with Crippen LogP contribution in [0.1, 0.15) is 45.4 Å². The first-order chi connectivity index (χ1) is 14.5. The molecule has 2 aromatic rings. The molecule has 11 heteroatoms. The van der Waals surface area contributed by atoms with Crippen molar-refractivity contribution in [2.45, 2.75) is 38.5 Å². The van der Waals surface area contributed by atoms with Crippen molar-refractivity contribution in [3.63, 3.8) is 0 Å². The molecule has 1 aromatic carbocycles. The fourth-order valence-electron chi connectivity index (χ4n) is 3.25. The van der Waals surface area contributed by atoms with E-state index < -0.39 is 35.6 Å². The zero-order valence-corrected chi connectivity index (χ0v) is 16.1. The molecule has 0 radical (unpaired) electrons. The summed E-state index contributed by atoms with van der Waals surface area (Å²) in [5.41, 5.74) is 0.207. The van der Waals surface area contributed by atoms with Crippen molar-refractivity contribution in [1.82, 2.24) is 9.88 Å². The Morgan fingerprint density at radius 2 is 1.94 bits per heavy atom. The van der Waals surface area contributed by atoms with Crippen LogP contribution in [-0.4, -0.2) is 34.4 Å². The van der Waals surface area contributed by atoms with E-state index in [1.54, 1.807) is 11.4 Å². The maximum Gasteiger partial charge on any atom is 0.408 e. The molecule has 3 rings (SSSR count). The predicted octanol–water partition coefficient (Wildman–Crippen LogP) is 2.95. The van der Waals surface area contributed by atoms with Gasteiger partial charge in [0, 0.05) is 17.9 Å². The number of benzene rings is 1. The van der Waals surface area contributed by atoms with E-state index in [9.17, 15) is 31.9 Å². The number of fused-ring (bicyclic) bond motifs is 1. The fraction of sp³-hybridized carbons (Fsp3) is 0.300. The Morgan fingerprint density at radius 1 is 1.23 bits per heavy atom. The van der Waals surface area contributed by atoms with Crippen molar-refractivity contribution in [3.8, 4) is 6.07 Å². The van der Waals surface area contributed by atoms with Crippen LogP contribution in [0.2, 0.25) is 0 Å². The number of ketones is 1. The Kier molecular flexibility index (Phi) is 5.83. The number of nitriles is 1. The number of aromatic nitrogens is 1. The molecule has 7 nitrogen and oxygen atoms in total. The molecule has 0 fully saturated rings. The van der Waals surface area contributed by atoms with Crippen LogP contribution < -0.4 is 10.6 Å². The molecule has 0 unspecified atom stereocenters. The molecule has 162 valence electrons. The lowest BCUT2D eigenvalue weighted by Crippen LogP contribution is -2.46. The van der Waals surface area contributed by atoms with Gasteiger partial charge in [0.05, 0.1) is 16.8 Å². The Hall–Kier alpha value is -3.68. The Labute approximate surface area is 173 Å². The number of alkyl halides is 3. The molecular weight excluding hydrogens is 420 g/mol. The van der Waals surface area contributed by atoms with E-state index in [0.29, 0.717) is 32.0 Å². The molecule has 1 aliphatic heterocycles. The van der Waals surface area contributed by atoms with Gasteiger partial charge in [-0.2, -0.15) is 18.4 Å². The molecular formula is C20H16F4N4O3. The first-order valence-electron chi connectivity index (χ1n) is 9.18. The van der Waals surface area contributed by atoms with Gasteiger partial charge in [-0.05, 0) is 44.0 Å². The quantitative estimate of drug-likeness (QED) is 0.427. The largest absolute Gasteiger partial charge is 0.408 e. The van der Waals surface area contributed by atoms with Gasteiger partial charge in [-0.3, -0.25) is 14.4 Å². The second-order valence-corrected chi connectivity index (χ2v) is 6.97. The Bertz CT molecular complexity index is 1110. The number of nitrogens with one attached hydrogen (secondary N) is 2. The third-order valence-electron chi connectivity index (χ3n) is 4.87. The molecule has 2 N–H and O–H groups in total. The van der Waals surface area contributed by atoms with Crippen molar-refractivity contribution in [1.29, 1.82) is 5.26 Å². The number of hydrogen-bond donors (Lipinski definition) is 2. The summed E-state index contributed by atoms with van der Waals surface area (Å²) < 4.78 is 52.9. The Morgan fingerprint density at radius 3 is 2.58 bits per heavy atom. The number of amides is 2. The molecule has 2 heterocycles. The van der Waals surface area contributed by atoms with E-state index in [1.165, 1.54) is 10.6 Å². The smallest absolute Gasteiger partial charge is 0.341 e. The van der Waals surface area contributed by atoms with Crippen molar-refractivity contribution in [3.05, 3.63) is 52.6 Å². The first-order valence-corrected chi connectivity index (χ1v) is 9.18. The van der Waals surface area contributed by atoms with Crippen LogP contribution in [0, 0.1) is 17.1 Å². The van der Waals surface area contributed by atoms with Gasteiger partial charge in [0.25, 0.3) is 17.6 Å². The maximum atomic E-state index is 13.5. The van der Waals surface area contributed by atoms with Crippen LogP contribution in [0.15, 0.2) is 24.3 Å². The van der Waals surface area contributed by atoms with E-state index >= 15 is 0 Å². The van der Waals surface area contributed by atoms with Crippen molar-refractivity contribution < 1.29 is 31.9 Å². The van der Waals surface area contributed by atoms with E-state index in [-0.39, 0.29) is 22.5 Å². The average molecular weight is 436 g/mol. The summed E-state index contributed by atoms with van der Waals surface area (Å²) in [5.74, 6) is -4.03. The van der Waals surface area contributed by atoms with Gasteiger partial charge in [0.1, 0.15) is 17.9 Å². The number of rotatable bonds is 5. The summed E-state index contributed by atoms with van der Waals surface area (Å²) in [4.78, 5) is 37.2. The second-order valence-electron chi connectivity index (χ2n) is 6.97. The highest BCUT2D eigenvalue weighted by Gasteiger charge is 2.39. The molecule has 0 spiro atoms. The van der Waals surface area contributed by atoms with E-state index in [0.717, 1.165) is 18.2 Å². The number of hydrogen-bond acceptors (Lipinski definition) is 4. The minimum absolute atomic E-state index is 0.0698. The molecule has 0 saturated carbocycles. The summed E-state index contributed by atoms with van der Waals surface area (Å²) in [7, 11) is 0. The van der Waals surface area contributed by atoms with Gasteiger partial charge in [-0.15, -0.1) is 0 Å². The van der Waals surface area contributed by atoms with Gasteiger partial charge in [0.2, 0.25) is 0 Å². The lowest BCUT2D eigenvalue weighted by molar-refractivity contribution is -0.156. The van der Waals surface area contributed by atoms with Gasteiger partial charge in [-0.25, -0.2) is 4.39 Å². The lowest BCUT2D eigenvalue weighted by atomic mass is 10.1. The zero-order valence-electron chi connectivity index (χ0n) is 16.1. The highest BCUT2D eigenvalue weighted by atomic mass is 19.4. The number of carbonyl (C=O) groups excluding carboxylic acids is 3. The normalized spacial score (nSPS) is 13.8. The highest BCUT2D eigenvalue weighted by molar-refractivity contribution is 6.42. The fourth-order valence-corrected chi connectivity index (χ4v) is 3.25. The molecule has 31 heavy (non-hydrogen) atoms. The highest BCUT2D eigenvalue weighted by Crippen LogP contribution is 2.26. The van der Waals surface area contributed by atoms with Gasteiger partial charge >= 0.3 is 6.18 Å². The molecule has 0 aliphatic carbocycles. The molecule has 0 saturated heterocycles. The number of Topliss-reactive ketones (excluding diaryl/α,β-unsaturated/α-hetero) is 1. The molecule has 0 bridgehead atoms. The lowest BCUT2D eigenvalue weighted by Gasteiger charge is -2.16. The molecule has 2 amide bonds. The standard InChI is InChI=1S/C20H16F4N4O3/c1-10(20(22,23)24)26-19(31)17(29)16-8-13(15-3-2-6-28(15)16)18(30)27-12-4-5-14(21)11(7-12)9-25/h4-5,7-8,10H,2-3,6H2,1H3,(H,26,31)(H,27,30)/t10-/m0/s1. The number of carbonyl (C=O) groups is 3. The summed E-state index contributed by atoms with van der Waals surface area (Å²) in [6, 6.07) is 3.99. The van der Waals surface area contributed by atoms with E-state index in [2.05, 4.69) is 5.32 Å². The second kappa shape index (κ2) is 8.22. The third-order valence-corrected chi connectivity index (χ3v) is 4.87. The average Bonchev–Trinajstić information content (AvgIpc) is 3.30. The van der Waals surface area contributed by atoms with Crippen LogP contribution in [0.4, 0.5) is 23.2 Å². The summed E-state index contributed by atoms with van der Waals surface area (Å²) in [5, 5.41) is 13.0. The van der Waals surface area contributed by atoms with Crippen LogP contribution in [0.5, 0.6) is 0 Å². The summed E-state index contributed by atoms with van der Waals surface area (Å²) in [6.07, 6.45) is -3.71. The zero-order chi connectivity index (χ0) is 22.9. The van der Waals surface area contributed by atoms with Crippen LogP contribution in [0.25, 0.3) is 0 Å². The number of anilines is 1.